The molecule has 0 aliphatic carbocycles. The molecule has 0 heterocycles. The highest BCUT2D eigenvalue weighted by atomic mass is 16.3. The molecule has 0 spiro atoms. The molecule has 0 bridgehead atoms. The molecule has 0 aromatic heterocycles. The number of rotatable bonds is 4. The third kappa shape index (κ3) is 4.81. The second kappa shape index (κ2) is 8.31. The summed E-state index contributed by atoms with van der Waals surface area (Å²) in [6.07, 6.45) is 1.73. The van der Waals surface area contributed by atoms with E-state index in [2.05, 4.69) is 5.32 Å². The first-order valence-corrected chi connectivity index (χ1v) is 8.90. The first-order chi connectivity index (χ1) is 13.8. The van der Waals surface area contributed by atoms with Gasteiger partial charge >= 0.3 is 0 Å². The minimum Gasteiger partial charge on any atom is -0.508 e. The number of guanidine groups is 1. The van der Waals surface area contributed by atoms with Crippen molar-refractivity contribution in [2.75, 3.05) is 0 Å². The van der Waals surface area contributed by atoms with Crippen molar-refractivity contribution in [2.45, 2.75) is 6.92 Å². The van der Waals surface area contributed by atoms with E-state index in [0.717, 1.165) is 27.8 Å². The molecule has 6 N–H and O–H groups in total. The number of hydrogen-bond donors (Lipinski definition) is 5. The number of hydrogen-bond acceptors (Lipinski definition) is 4. The van der Waals surface area contributed by atoms with Crippen molar-refractivity contribution >= 4 is 17.9 Å². The largest absolute Gasteiger partial charge is 0.508 e. The molecule has 3 aromatic carbocycles. The van der Waals surface area contributed by atoms with E-state index in [0.29, 0.717) is 5.57 Å². The van der Waals surface area contributed by atoms with Gasteiger partial charge in [0.15, 0.2) is 5.96 Å². The van der Waals surface area contributed by atoms with E-state index in [1.165, 1.54) is 0 Å². The van der Waals surface area contributed by atoms with Crippen LogP contribution in [-0.4, -0.2) is 22.1 Å². The Morgan fingerprint density at radius 3 is 1.97 bits per heavy atom. The Bertz CT molecular complexity index is 1090. The minimum atomic E-state index is -0.454. The monoisotopic (exact) mass is 387 g/mol. The van der Waals surface area contributed by atoms with Crippen LogP contribution in [0.3, 0.4) is 0 Å². The van der Waals surface area contributed by atoms with E-state index >= 15 is 0 Å². The number of phenols is 2. The molecule has 0 aliphatic rings. The highest BCUT2D eigenvalue weighted by Crippen LogP contribution is 2.32. The molecule has 3 rings (SSSR count). The average Bonchev–Trinajstić information content (AvgIpc) is 2.69. The van der Waals surface area contributed by atoms with E-state index in [-0.39, 0.29) is 11.5 Å². The fourth-order valence-corrected chi connectivity index (χ4v) is 2.94. The zero-order valence-electron chi connectivity index (χ0n) is 15.8. The van der Waals surface area contributed by atoms with Crippen molar-refractivity contribution in [1.82, 2.24) is 5.32 Å². The van der Waals surface area contributed by atoms with Gasteiger partial charge in [0.1, 0.15) is 11.5 Å². The zero-order chi connectivity index (χ0) is 21.0. The summed E-state index contributed by atoms with van der Waals surface area (Å²) >= 11 is 0. The van der Waals surface area contributed by atoms with Crippen LogP contribution in [0.1, 0.15) is 12.5 Å². The van der Waals surface area contributed by atoms with E-state index in [1.807, 2.05) is 30.3 Å². The molecular formula is C23H21N3O3. The van der Waals surface area contributed by atoms with Crippen molar-refractivity contribution in [1.29, 1.82) is 5.41 Å². The predicted octanol–water partition coefficient (Wildman–Crippen LogP) is 3.84. The predicted molar refractivity (Wildman–Crippen MR) is 114 cm³/mol. The number of phenolic OH excluding ortho intramolecular Hbond substituents is 2. The summed E-state index contributed by atoms with van der Waals surface area (Å²) in [7, 11) is 0. The molecule has 29 heavy (non-hydrogen) atoms. The molecule has 1 amide bonds. The molecule has 3 aromatic rings. The maximum atomic E-state index is 12.2. The van der Waals surface area contributed by atoms with Gasteiger partial charge in [-0.15, -0.1) is 0 Å². The Kier molecular flexibility index (Phi) is 5.64. The van der Waals surface area contributed by atoms with Gasteiger partial charge in [-0.25, -0.2) is 0 Å². The van der Waals surface area contributed by atoms with E-state index < -0.39 is 11.9 Å². The van der Waals surface area contributed by atoms with Crippen molar-refractivity contribution in [3.8, 4) is 33.8 Å². The Hall–Kier alpha value is -4.06. The van der Waals surface area contributed by atoms with Crippen LogP contribution < -0.4 is 11.1 Å². The number of aromatic hydroxyl groups is 2. The van der Waals surface area contributed by atoms with Gasteiger partial charge in [-0.05, 0) is 71.1 Å². The lowest BCUT2D eigenvalue weighted by Crippen LogP contribution is -2.36. The molecule has 146 valence electrons. The van der Waals surface area contributed by atoms with Gasteiger partial charge in [0, 0.05) is 5.57 Å². The smallest absolute Gasteiger partial charge is 0.253 e. The fourth-order valence-electron chi connectivity index (χ4n) is 2.94. The SMILES string of the molecule is C/C(=C\c1cc(-c2ccc(O)cc2)ccc1-c1ccc(O)cc1)C(=O)NC(=N)N. The van der Waals surface area contributed by atoms with Gasteiger partial charge in [0.2, 0.25) is 0 Å². The quantitative estimate of drug-likeness (QED) is 0.265. The van der Waals surface area contributed by atoms with Crippen molar-refractivity contribution in [3.05, 3.63) is 77.9 Å². The number of nitrogens with one attached hydrogen (secondary N) is 2. The summed E-state index contributed by atoms with van der Waals surface area (Å²) in [5.74, 6) is -0.515. The second-order valence-electron chi connectivity index (χ2n) is 6.59. The number of carbonyl (C=O) groups excluding carboxylic acids is 1. The third-order valence-corrected chi connectivity index (χ3v) is 4.41. The van der Waals surface area contributed by atoms with Crippen LogP contribution in [0.15, 0.2) is 72.3 Å². The van der Waals surface area contributed by atoms with E-state index in [9.17, 15) is 15.0 Å². The van der Waals surface area contributed by atoms with Gasteiger partial charge in [0.25, 0.3) is 5.91 Å². The number of benzene rings is 3. The summed E-state index contributed by atoms with van der Waals surface area (Å²) in [4.78, 5) is 12.2. The minimum absolute atomic E-state index is 0.170. The van der Waals surface area contributed by atoms with Crippen LogP contribution in [0.4, 0.5) is 0 Å². The van der Waals surface area contributed by atoms with Crippen molar-refractivity contribution < 1.29 is 15.0 Å². The molecule has 0 radical (unpaired) electrons. The Morgan fingerprint density at radius 2 is 1.41 bits per heavy atom. The summed E-state index contributed by atoms with van der Waals surface area (Å²) in [5.41, 5.74) is 10.0. The third-order valence-electron chi connectivity index (χ3n) is 4.41. The molecule has 0 saturated heterocycles. The topological polar surface area (TPSA) is 119 Å². The van der Waals surface area contributed by atoms with E-state index in [4.69, 9.17) is 11.1 Å². The summed E-state index contributed by atoms with van der Waals surface area (Å²) in [6, 6.07) is 19.5. The lowest BCUT2D eigenvalue weighted by atomic mass is 9.93. The van der Waals surface area contributed by atoms with Crippen molar-refractivity contribution in [3.63, 3.8) is 0 Å². The Morgan fingerprint density at radius 1 is 0.897 bits per heavy atom. The van der Waals surface area contributed by atoms with Gasteiger partial charge in [-0.3, -0.25) is 15.5 Å². The van der Waals surface area contributed by atoms with Crippen LogP contribution in [0.2, 0.25) is 0 Å². The number of nitrogens with two attached hydrogens (primary N) is 1. The van der Waals surface area contributed by atoms with Crippen LogP contribution >= 0.6 is 0 Å². The molecule has 6 heteroatoms. The summed E-state index contributed by atoms with van der Waals surface area (Å²) in [6.45, 7) is 1.64. The molecule has 0 saturated carbocycles. The lowest BCUT2D eigenvalue weighted by Gasteiger charge is -2.12. The molecule has 0 aliphatic heterocycles. The standard InChI is InChI=1S/C23H21N3O3/c1-14(22(29)26-23(24)25)12-18-13-17(15-2-7-19(27)8-3-15)6-11-21(18)16-4-9-20(28)10-5-16/h2-13,27-28H,1H3,(H4,24,25,26,29)/b14-12+. The van der Waals surface area contributed by atoms with Gasteiger partial charge in [0.05, 0.1) is 0 Å². The van der Waals surface area contributed by atoms with E-state index in [1.54, 1.807) is 49.4 Å². The summed E-state index contributed by atoms with van der Waals surface area (Å²) in [5, 5.41) is 28.6. The molecule has 0 atom stereocenters. The highest BCUT2D eigenvalue weighted by molar-refractivity contribution is 6.06. The maximum Gasteiger partial charge on any atom is 0.253 e. The second-order valence-corrected chi connectivity index (χ2v) is 6.59. The van der Waals surface area contributed by atoms with Crippen LogP contribution in [0.5, 0.6) is 11.5 Å². The first-order valence-electron chi connectivity index (χ1n) is 8.90. The van der Waals surface area contributed by atoms with Gasteiger partial charge < -0.3 is 15.9 Å². The van der Waals surface area contributed by atoms with Crippen molar-refractivity contribution in [2.24, 2.45) is 5.73 Å². The number of amides is 1. The first kappa shape index (κ1) is 19.7. The molecular weight excluding hydrogens is 366 g/mol. The lowest BCUT2D eigenvalue weighted by molar-refractivity contribution is -0.116. The van der Waals surface area contributed by atoms with Crippen LogP contribution in [-0.2, 0) is 4.79 Å². The van der Waals surface area contributed by atoms with Crippen LogP contribution in [0.25, 0.3) is 28.3 Å². The zero-order valence-corrected chi connectivity index (χ0v) is 15.8. The maximum absolute atomic E-state index is 12.2. The van der Waals surface area contributed by atoms with Crippen LogP contribution in [0, 0.1) is 5.41 Å². The van der Waals surface area contributed by atoms with Gasteiger partial charge in [-0.2, -0.15) is 0 Å². The highest BCUT2D eigenvalue weighted by Gasteiger charge is 2.10. The molecule has 6 nitrogen and oxygen atoms in total. The number of carbonyl (C=O) groups is 1. The normalized spacial score (nSPS) is 11.1. The average molecular weight is 387 g/mol. The summed E-state index contributed by atoms with van der Waals surface area (Å²) < 4.78 is 0. The molecule has 0 fully saturated rings. The molecule has 0 unspecified atom stereocenters. The van der Waals surface area contributed by atoms with Gasteiger partial charge in [-0.1, -0.05) is 36.4 Å². The Balaban J connectivity index is 2.10. The fraction of sp³-hybridized carbons (Fsp3) is 0.0435. The Labute approximate surface area is 168 Å².